The van der Waals surface area contributed by atoms with Crippen LogP contribution in [0, 0.1) is 0 Å². The molecule has 6 rings (SSSR count). The quantitative estimate of drug-likeness (QED) is 0.523. The lowest BCUT2D eigenvalue weighted by Crippen LogP contribution is -2.15. The van der Waals surface area contributed by atoms with Gasteiger partial charge in [0.05, 0.1) is 16.8 Å². The molecule has 0 saturated carbocycles. The smallest absolute Gasteiger partial charge is 0.252 e. The number of benzene rings is 2. The van der Waals surface area contributed by atoms with Crippen LogP contribution in [0.5, 0.6) is 0 Å². The van der Waals surface area contributed by atoms with Crippen molar-refractivity contribution in [1.82, 2.24) is 19.7 Å². The molecule has 2 aromatic heterocycles. The second kappa shape index (κ2) is 5.81. The van der Waals surface area contributed by atoms with Gasteiger partial charge in [0.25, 0.3) is 5.91 Å². The number of ketones is 1. The Kier molecular flexibility index (Phi) is 3.38. The zero-order chi connectivity index (χ0) is 20.7. The number of aryl methyl sites for hydroxylation is 4. The number of aromatic nitrogens is 3. The third-order valence-electron chi connectivity index (χ3n) is 6.67. The summed E-state index contributed by atoms with van der Waals surface area (Å²) in [6.45, 7) is 5.09. The van der Waals surface area contributed by atoms with Crippen molar-refractivity contribution in [3.05, 3.63) is 52.3 Å². The normalized spacial score (nSPS) is 14.7. The van der Waals surface area contributed by atoms with E-state index in [0.29, 0.717) is 12.1 Å². The summed E-state index contributed by atoms with van der Waals surface area (Å²) in [4.78, 5) is 25.1. The molecule has 6 nitrogen and oxygen atoms in total. The zero-order valence-corrected chi connectivity index (χ0v) is 17.3. The van der Waals surface area contributed by atoms with Crippen LogP contribution in [0.1, 0.15) is 51.4 Å². The third kappa shape index (κ3) is 2.06. The molecule has 4 aromatic rings. The minimum Gasteiger partial charge on any atom is -0.348 e. The van der Waals surface area contributed by atoms with Crippen LogP contribution in [0.25, 0.3) is 32.9 Å². The van der Waals surface area contributed by atoms with E-state index < -0.39 is 0 Å². The van der Waals surface area contributed by atoms with Crippen molar-refractivity contribution in [2.45, 2.75) is 39.8 Å². The summed E-state index contributed by atoms with van der Waals surface area (Å²) in [5.74, 6) is 0.0399. The summed E-state index contributed by atoms with van der Waals surface area (Å²) in [6, 6.07) is 5.96. The van der Waals surface area contributed by atoms with Gasteiger partial charge in [0.2, 0.25) is 0 Å². The Morgan fingerprint density at radius 3 is 2.80 bits per heavy atom. The minimum atomic E-state index is -0.0139. The van der Waals surface area contributed by atoms with E-state index in [2.05, 4.69) is 28.0 Å². The molecule has 0 atom stereocenters. The van der Waals surface area contributed by atoms with E-state index in [0.717, 1.165) is 63.6 Å². The summed E-state index contributed by atoms with van der Waals surface area (Å²) in [5.41, 5.74) is 9.26. The van der Waals surface area contributed by atoms with Gasteiger partial charge in [0.15, 0.2) is 5.78 Å². The van der Waals surface area contributed by atoms with Gasteiger partial charge in [-0.3, -0.25) is 14.3 Å². The maximum Gasteiger partial charge on any atom is 0.252 e. The average Bonchev–Trinajstić information content (AvgIpc) is 3.39. The standard InChI is InChI=1S/C24H22N4O2/c1-4-28-19-8-5-13(12(2)29)9-15(19)21-16-10-25-24(30)22(16)20-14(23(21)28)6-7-18-17(20)11-27(3)26-18/h5,8-9,11H,4,6-7,10H2,1-3H3,(H,25,30). The van der Waals surface area contributed by atoms with Crippen molar-refractivity contribution in [2.75, 3.05) is 0 Å². The lowest BCUT2D eigenvalue weighted by Gasteiger charge is -2.21. The summed E-state index contributed by atoms with van der Waals surface area (Å²) in [6.07, 6.45) is 3.76. The fourth-order valence-electron chi connectivity index (χ4n) is 5.46. The molecule has 0 fully saturated rings. The second-order valence-corrected chi connectivity index (χ2v) is 8.31. The van der Waals surface area contributed by atoms with E-state index in [1.54, 1.807) is 6.92 Å². The monoisotopic (exact) mass is 398 g/mol. The highest BCUT2D eigenvalue weighted by Gasteiger charge is 2.35. The molecule has 2 aromatic carbocycles. The highest BCUT2D eigenvalue weighted by molar-refractivity contribution is 6.20. The van der Waals surface area contributed by atoms with Crippen LogP contribution < -0.4 is 5.32 Å². The Hall–Kier alpha value is -3.41. The molecular formula is C24H22N4O2. The van der Waals surface area contributed by atoms with Crippen molar-refractivity contribution in [3.8, 4) is 11.1 Å². The van der Waals surface area contributed by atoms with Crippen molar-refractivity contribution in [3.63, 3.8) is 0 Å². The molecule has 6 heteroatoms. The number of rotatable bonds is 2. The molecule has 1 aliphatic heterocycles. The van der Waals surface area contributed by atoms with Crippen molar-refractivity contribution >= 4 is 33.5 Å². The van der Waals surface area contributed by atoms with Crippen LogP contribution in [0.15, 0.2) is 24.4 Å². The molecule has 1 amide bonds. The SMILES string of the molecule is CCn1c2ccc(C(C)=O)cc2c2c3c(c4c(c21)CCc1nn(C)cc1-4)C(=O)NC3. The van der Waals surface area contributed by atoms with Gasteiger partial charge in [-0.1, -0.05) is 0 Å². The average molecular weight is 398 g/mol. The zero-order valence-electron chi connectivity index (χ0n) is 17.3. The van der Waals surface area contributed by atoms with Gasteiger partial charge in [-0.25, -0.2) is 0 Å². The molecule has 0 bridgehead atoms. The third-order valence-corrected chi connectivity index (χ3v) is 6.67. The first-order chi connectivity index (χ1) is 14.5. The predicted octanol–water partition coefficient (Wildman–Crippen LogP) is 3.76. The van der Waals surface area contributed by atoms with E-state index in [1.165, 1.54) is 11.1 Å². The van der Waals surface area contributed by atoms with E-state index in [9.17, 15) is 9.59 Å². The van der Waals surface area contributed by atoms with Gasteiger partial charge in [-0.05, 0) is 56.0 Å². The maximum atomic E-state index is 13.0. The van der Waals surface area contributed by atoms with E-state index in [1.807, 2.05) is 30.1 Å². The maximum absolute atomic E-state index is 13.0. The Morgan fingerprint density at radius 2 is 2.03 bits per heavy atom. The number of hydrogen-bond acceptors (Lipinski definition) is 3. The van der Waals surface area contributed by atoms with Gasteiger partial charge in [0.1, 0.15) is 0 Å². The minimum absolute atomic E-state index is 0.0139. The highest BCUT2D eigenvalue weighted by Crippen LogP contribution is 2.46. The van der Waals surface area contributed by atoms with Crippen molar-refractivity contribution < 1.29 is 9.59 Å². The number of carbonyl (C=O) groups is 2. The molecular weight excluding hydrogens is 376 g/mol. The lowest BCUT2D eigenvalue weighted by atomic mass is 9.82. The molecule has 0 saturated heterocycles. The van der Waals surface area contributed by atoms with Crippen LogP contribution >= 0.6 is 0 Å². The summed E-state index contributed by atoms with van der Waals surface area (Å²) >= 11 is 0. The Labute approximate surface area is 173 Å². The van der Waals surface area contributed by atoms with E-state index >= 15 is 0 Å². The number of hydrogen-bond donors (Lipinski definition) is 1. The fourth-order valence-corrected chi connectivity index (χ4v) is 5.46. The second-order valence-electron chi connectivity index (χ2n) is 8.31. The topological polar surface area (TPSA) is 68.9 Å². The lowest BCUT2D eigenvalue weighted by molar-refractivity contribution is 0.0965. The van der Waals surface area contributed by atoms with Crippen LogP contribution in [0.2, 0.25) is 0 Å². The van der Waals surface area contributed by atoms with Crippen LogP contribution in [0.4, 0.5) is 0 Å². The molecule has 2 aliphatic rings. The number of Topliss-reactive ketones (excluding diaryl/α,β-unsaturated/α-hetero) is 1. The van der Waals surface area contributed by atoms with E-state index in [4.69, 9.17) is 0 Å². The molecule has 3 heterocycles. The number of nitrogens with zero attached hydrogens (tertiary/aromatic N) is 3. The van der Waals surface area contributed by atoms with E-state index in [-0.39, 0.29) is 11.7 Å². The van der Waals surface area contributed by atoms with Crippen molar-refractivity contribution in [1.29, 1.82) is 0 Å². The van der Waals surface area contributed by atoms with Gasteiger partial charge < -0.3 is 9.88 Å². The predicted molar refractivity (Wildman–Crippen MR) is 116 cm³/mol. The molecule has 0 unspecified atom stereocenters. The van der Waals surface area contributed by atoms with Crippen LogP contribution in [-0.2, 0) is 33.0 Å². The molecule has 0 radical (unpaired) electrons. The van der Waals surface area contributed by atoms with Gasteiger partial charge >= 0.3 is 0 Å². The molecule has 150 valence electrons. The Bertz CT molecular complexity index is 1440. The first-order valence-corrected chi connectivity index (χ1v) is 10.4. The summed E-state index contributed by atoms with van der Waals surface area (Å²) < 4.78 is 4.19. The number of fused-ring (bicyclic) bond motifs is 10. The summed E-state index contributed by atoms with van der Waals surface area (Å²) in [5, 5.41) is 9.87. The number of amides is 1. The van der Waals surface area contributed by atoms with Crippen molar-refractivity contribution in [2.24, 2.45) is 7.05 Å². The Morgan fingerprint density at radius 1 is 1.20 bits per heavy atom. The molecule has 1 N–H and O–H groups in total. The fraction of sp³-hybridized carbons (Fsp3) is 0.292. The van der Waals surface area contributed by atoms with Gasteiger partial charge in [-0.2, -0.15) is 5.10 Å². The summed E-state index contributed by atoms with van der Waals surface area (Å²) in [7, 11) is 1.93. The number of carbonyl (C=O) groups excluding carboxylic acids is 2. The number of nitrogens with one attached hydrogen (secondary N) is 1. The van der Waals surface area contributed by atoms with Gasteiger partial charge in [0, 0.05) is 59.3 Å². The molecule has 0 spiro atoms. The molecule has 1 aliphatic carbocycles. The molecule has 30 heavy (non-hydrogen) atoms. The van der Waals surface area contributed by atoms with Crippen LogP contribution in [-0.4, -0.2) is 26.0 Å². The highest BCUT2D eigenvalue weighted by atomic mass is 16.2. The van der Waals surface area contributed by atoms with Crippen LogP contribution in [0.3, 0.4) is 0 Å². The largest absolute Gasteiger partial charge is 0.348 e. The first-order valence-electron chi connectivity index (χ1n) is 10.4. The first kappa shape index (κ1) is 17.4. The Balaban J connectivity index is 1.86. The van der Waals surface area contributed by atoms with Gasteiger partial charge in [-0.15, -0.1) is 0 Å².